The van der Waals surface area contributed by atoms with Crippen molar-refractivity contribution in [3.8, 4) is 11.8 Å². The minimum absolute atomic E-state index is 0.00132. The predicted octanol–water partition coefficient (Wildman–Crippen LogP) is 2.55. The minimum atomic E-state index is -4.90. The summed E-state index contributed by atoms with van der Waals surface area (Å²) in [5, 5.41) is 11.7. The van der Waals surface area contributed by atoms with Crippen molar-refractivity contribution in [3.63, 3.8) is 0 Å². The average molecular weight is 311 g/mol. The van der Waals surface area contributed by atoms with Crippen molar-refractivity contribution in [1.29, 1.82) is 0 Å². The van der Waals surface area contributed by atoms with Gasteiger partial charge in [0.25, 0.3) is 0 Å². The number of halogens is 3. The maximum atomic E-state index is 12.0. The van der Waals surface area contributed by atoms with E-state index in [9.17, 15) is 23.1 Å². The van der Waals surface area contributed by atoms with Crippen molar-refractivity contribution in [2.75, 3.05) is 6.54 Å². The number of carbonyl (C=O) groups is 1. The van der Waals surface area contributed by atoms with E-state index in [1.165, 1.54) is 0 Å². The van der Waals surface area contributed by atoms with E-state index >= 15 is 0 Å². The molecule has 1 atom stereocenters. The fourth-order valence-corrected chi connectivity index (χ4v) is 1.83. The SMILES string of the molecule is O=C(NCCC(O)c1cccc(C#CC2CC2)c1)C(F)(F)F. The Morgan fingerprint density at radius 1 is 1.41 bits per heavy atom. The average Bonchev–Trinajstić information content (AvgIpc) is 3.28. The summed E-state index contributed by atoms with van der Waals surface area (Å²) >= 11 is 0. The molecule has 1 aromatic rings. The fourth-order valence-electron chi connectivity index (χ4n) is 1.83. The second-order valence-corrected chi connectivity index (χ2v) is 5.23. The molecule has 6 heteroatoms. The highest BCUT2D eigenvalue weighted by molar-refractivity contribution is 5.81. The van der Waals surface area contributed by atoms with Crippen molar-refractivity contribution < 1.29 is 23.1 Å². The molecule has 1 aliphatic carbocycles. The molecule has 2 N–H and O–H groups in total. The molecule has 1 saturated carbocycles. The lowest BCUT2D eigenvalue weighted by atomic mass is 10.0. The molecular weight excluding hydrogens is 295 g/mol. The molecule has 0 spiro atoms. The minimum Gasteiger partial charge on any atom is -0.388 e. The van der Waals surface area contributed by atoms with Gasteiger partial charge in [0.1, 0.15) is 0 Å². The molecule has 3 nitrogen and oxygen atoms in total. The highest BCUT2D eigenvalue weighted by Gasteiger charge is 2.38. The first kappa shape index (κ1) is 16.4. The quantitative estimate of drug-likeness (QED) is 0.840. The summed E-state index contributed by atoms with van der Waals surface area (Å²) in [7, 11) is 0. The van der Waals surface area contributed by atoms with Gasteiger partial charge in [0.15, 0.2) is 0 Å². The van der Waals surface area contributed by atoms with Crippen LogP contribution in [0.3, 0.4) is 0 Å². The first-order chi connectivity index (χ1) is 10.4. The van der Waals surface area contributed by atoms with Gasteiger partial charge in [0.05, 0.1) is 6.10 Å². The van der Waals surface area contributed by atoms with Crippen LogP contribution in [0.25, 0.3) is 0 Å². The number of benzene rings is 1. The maximum Gasteiger partial charge on any atom is 0.471 e. The van der Waals surface area contributed by atoms with Gasteiger partial charge in [-0.1, -0.05) is 24.0 Å². The third-order valence-corrected chi connectivity index (χ3v) is 3.23. The molecule has 0 bridgehead atoms. The van der Waals surface area contributed by atoms with E-state index in [1.807, 2.05) is 6.07 Å². The number of hydrogen-bond donors (Lipinski definition) is 2. The molecule has 1 fully saturated rings. The van der Waals surface area contributed by atoms with Crippen molar-refractivity contribution >= 4 is 5.91 Å². The Hall–Kier alpha value is -2.00. The largest absolute Gasteiger partial charge is 0.471 e. The van der Waals surface area contributed by atoms with Gasteiger partial charge in [-0.05, 0) is 37.0 Å². The molecule has 2 rings (SSSR count). The summed E-state index contributed by atoms with van der Waals surface area (Å²) in [6, 6.07) is 6.95. The molecule has 1 unspecified atom stereocenters. The van der Waals surface area contributed by atoms with E-state index in [0.717, 1.165) is 18.4 Å². The van der Waals surface area contributed by atoms with Crippen LogP contribution >= 0.6 is 0 Å². The number of nitrogens with one attached hydrogen (secondary N) is 1. The van der Waals surface area contributed by atoms with Crippen LogP contribution in [0.15, 0.2) is 24.3 Å². The zero-order valence-electron chi connectivity index (χ0n) is 11.8. The van der Waals surface area contributed by atoms with Crippen molar-refractivity contribution in [2.45, 2.75) is 31.5 Å². The Morgan fingerprint density at radius 2 is 2.14 bits per heavy atom. The first-order valence-electron chi connectivity index (χ1n) is 7.01. The Morgan fingerprint density at radius 3 is 2.77 bits per heavy atom. The Bertz CT molecular complexity index is 597. The van der Waals surface area contributed by atoms with E-state index in [-0.39, 0.29) is 13.0 Å². The monoisotopic (exact) mass is 311 g/mol. The molecule has 118 valence electrons. The molecule has 0 heterocycles. The van der Waals surface area contributed by atoms with Gasteiger partial charge in [0.2, 0.25) is 0 Å². The molecule has 1 amide bonds. The van der Waals surface area contributed by atoms with Crippen LogP contribution in [-0.2, 0) is 4.79 Å². The maximum absolute atomic E-state index is 12.0. The van der Waals surface area contributed by atoms with Crippen LogP contribution in [0.5, 0.6) is 0 Å². The van der Waals surface area contributed by atoms with E-state index in [1.54, 1.807) is 23.5 Å². The molecule has 0 aromatic heterocycles. The Kier molecular flexibility index (Phi) is 5.09. The second kappa shape index (κ2) is 6.84. The van der Waals surface area contributed by atoms with Crippen molar-refractivity contribution in [1.82, 2.24) is 5.32 Å². The molecule has 1 aromatic carbocycles. The summed E-state index contributed by atoms with van der Waals surface area (Å²) in [6.07, 6.45) is -3.61. The molecular formula is C16H16F3NO2. The van der Waals surface area contributed by atoms with Gasteiger partial charge < -0.3 is 10.4 Å². The number of aliphatic hydroxyl groups excluding tert-OH is 1. The number of carbonyl (C=O) groups excluding carboxylic acids is 1. The Labute approximate surface area is 126 Å². The first-order valence-corrected chi connectivity index (χ1v) is 7.01. The Balaban J connectivity index is 1.87. The highest BCUT2D eigenvalue weighted by atomic mass is 19.4. The van der Waals surface area contributed by atoms with Crippen molar-refractivity contribution in [2.24, 2.45) is 5.92 Å². The summed E-state index contributed by atoms with van der Waals surface area (Å²) in [6.45, 7) is -0.252. The lowest BCUT2D eigenvalue weighted by molar-refractivity contribution is -0.173. The molecule has 0 radical (unpaired) electrons. The second-order valence-electron chi connectivity index (χ2n) is 5.23. The van der Waals surface area contributed by atoms with Gasteiger partial charge in [-0.2, -0.15) is 13.2 Å². The normalized spacial score (nSPS) is 15.6. The fraction of sp³-hybridized carbons (Fsp3) is 0.438. The van der Waals surface area contributed by atoms with E-state index in [4.69, 9.17) is 0 Å². The molecule has 22 heavy (non-hydrogen) atoms. The molecule has 0 saturated heterocycles. The zero-order chi connectivity index (χ0) is 16.2. The lowest BCUT2D eigenvalue weighted by Crippen LogP contribution is -2.37. The van der Waals surface area contributed by atoms with Gasteiger partial charge >= 0.3 is 12.1 Å². The third kappa shape index (κ3) is 5.08. The van der Waals surface area contributed by atoms with Crippen LogP contribution in [0.4, 0.5) is 13.2 Å². The number of aliphatic hydroxyl groups is 1. The topological polar surface area (TPSA) is 49.3 Å². The number of amides is 1. The third-order valence-electron chi connectivity index (χ3n) is 3.23. The number of alkyl halides is 3. The van der Waals surface area contributed by atoms with Crippen LogP contribution in [-0.4, -0.2) is 23.7 Å². The van der Waals surface area contributed by atoms with E-state index < -0.39 is 18.2 Å². The van der Waals surface area contributed by atoms with E-state index in [2.05, 4.69) is 11.8 Å². The lowest BCUT2D eigenvalue weighted by Gasteiger charge is -2.13. The van der Waals surface area contributed by atoms with E-state index in [0.29, 0.717) is 11.5 Å². The number of hydrogen-bond acceptors (Lipinski definition) is 2. The van der Waals surface area contributed by atoms with Crippen LogP contribution in [0.1, 0.15) is 36.5 Å². The van der Waals surface area contributed by atoms with Crippen LogP contribution in [0, 0.1) is 17.8 Å². The number of rotatable bonds is 4. The summed E-state index contributed by atoms with van der Waals surface area (Å²) < 4.78 is 36.0. The summed E-state index contributed by atoms with van der Waals surface area (Å²) in [5.41, 5.74) is 1.34. The van der Waals surface area contributed by atoms with Gasteiger partial charge in [-0.15, -0.1) is 0 Å². The van der Waals surface area contributed by atoms with Gasteiger partial charge in [-0.3, -0.25) is 4.79 Å². The van der Waals surface area contributed by atoms with Gasteiger partial charge in [0, 0.05) is 18.0 Å². The zero-order valence-corrected chi connectivity index (χ0v) is 11.8. The van der Waals surface area contributed by atoms with Gasteiger partial charge in [-0.25, -0.2) is 0 Å². The molecule has 1 aliphatic rings. The molecule has 0 aliphatic heterocycles. The van der Waals surface area contributed by atoms with Crippen LogP contribution < -0.4 is 5.32 Å². The predicted molar refractivity (Wildman–Crippen MR) is 74.7 cm³/mol. The highest BCUT2D eigenvalue weighted by Crippen LogP contribution is 2.27. The smallest absolute Gasteiger partial charge is 0.388 e. The standard InChI is InChI=1S/C16H16F3NO2/c17-16(18,19)15(22)20-9-8-14(21)13-3-1-2-12(10-13)7-6-11-4-5-11/h1-3,10-11,14,21H,4-5,8-9H2,(H,20,22). The van der Waals surface area contributed by atoms with Crippen molar-refractivity contribution in [3.05, 3.63) is 35.4 Å². The summed E-state index contributed by atoms with van der Waals surface area (Å²) in [4.78, 5) is 10.7. The summed E-state index contributed by atoms with van der Waals surface area (Å²) in [5.74, 6) is 4.58. The van der Waals surface area contributed by atoms with Crippen LogP contribution in [0.2, 0.25) is 0 Å².